The van der Waals surface area contributed by atoms with Crippen LogP contribution in [0.15, 0.2) is 35.1 Å². The molecule has 1 N–H and O–H groups in total. The van der Waals surface area contributed by atoms with E-state index in [2.05, 4.69) is 31.2 Å². The van der Waals surface area contributed by atoms with E-state index in [0.717, 1.165) is 22.3 Å². The molecule has 0 aliphatic carbocycles. The number of hydrogen-bond donors (Lipinski definition) is 1. The van der Waals surface area contributed by atoms with Crippen molar-refractivity contribution in [3.8, 4) is 0 Å². The maximum absolute atomic E-state index is 12.3. The van der Waals surface area contributed by atoms with Gasteiger partial charge in [-0.2, -0.15) is 13.2 Å². The Hall–Kier alpha value is -1.63. The van der Waals surface area contributed by atoms with Crippen molar-refractivity contribution >= 4 is 27.4 Å². The quantitative estimate of drug-likeness (QED) is 0.891. The number of nitrogens with one attached hydrogen (secondary N) is 1. The van der Waals surface area contributed by atoms with Crippen molar-refractivity contribution in [1.82, 2.24) is 9.97 Å². The first-order valence-corrected chi connectivity index (χ1v) is 6.08. The molecule has 0 saturated carbocycles. The van der Waals surface area contributed by atoms with Gasteiger partial charge in [0, 0.05) is 10.7 Å². The van der Waals surface area contributed by atoms with Crippen LogP contribution >= 0.6 is 15.9 Å². The largest absolute Gasteiger partial charge is 0.433 e. The number of anilines is 2. The van der Waals surface area contributed by atoms with Gasteiger partial charge in [0.15, 0.2) is 0 Å². The smallest absolute Gasteiger partial charge is 0.339 e. The van der Waals surface area contributed by atoms with E-state index in [1.807, 2.05) is 6.92 Å². The van der Waals surface area contributed by atoms with Crippen LogP contribution in [0.3, 0.4) is 0 Å². The second-order valence-corrected chi connectivity index (χ2v) is 4.73. The molecule has 19 heavy (non-hydrogen) atoms. The van der Waals surface area contributed by atoms with Crippen molar-refractivity contribution in [2.75, 3.05) is 5.32 Å². The van der Waals surface area contributed by atoms with Gasteiger partial charge in [-0.1, -0.05) is 0 Å². The molecule has 0 aliphatic rings. The lowest BCUT2D eigenvalue weighted by molar-refractivity contribution is -0.141. The summed E-state index contributed by atoms with van der Waals surface area (Å²) in [6.45, 7) is 1.89. The molecule has 3 nitrogen and oxygen atoms in total. The van der Waals surface area contributed by atoms with Crippen LogP contribution in [0.1, 0.15) is 11.3 Å². The molecule has 100 valence electrons. The lowest BCUT2D eigenvalue weighted by atomic mass is 10.3. The van der Waals surface area contributed by atoms with Crippen molar-refractivity contribution in [2.24, 2.45) is 0 Å². The van der Waals surface area contributed by atoms with E-state index in [1.54, 1.807) is 12.3 Å². The molecular weight excluding hydrogens is 323 g/mol. The van der Waals surface area contributed by atoms with Gasteiger partial charge in [0.1, 0.15) is 11.5 Å². The molecular formula is C12H9BrF3N3. The number of aryl methyl sites for hydroxylation is 1. The highest BCUT2D eigenvalue weighted by molar-refractivity contribution is 9.10. The van der Waals surface area contributed by atoms with Gasteiger partial charge in [0.05, 0.1) is 11.9 Å². The highest BCUT2D eigenvalue weighted by atomic mass is 79.9. The lowest BCUT2D eigenvalue weighted by Crippen LogP contribution is -2.07. The van der Waals surface area contributed by atoms with Crippen LogP contribution in [0.4, 0.5) is 24.7 Å². The number of aromatic nitrogens is 2. The second-order valence-electron chi connectivity index (χ2n) is 3.87. The summed E-state index contributed by atoms with van der Waals surface area (Å²) in [6.07, 6.45) is -1.68. The molecule has 0 amide bonds. The average Bonchev–Trinajstić information content (AvgIpc) is 2.33. The Morgan fingerprint density at radius 2 is 1.89 bits per heavy atom. The Morgan fingerprint density at radius 3 is 2.42 bits per heavy atom. The van der Waals surface area contributed by atoms with Gasteiger partial charge < -0.3 is 5.32 Å². The van der Waals surface area contributed by atoms with Gasteiger partial charge >= 0.3 is 6.18 Å². The highest BCUT2D eigenvalue weighted by Gasteiger charge is 2.31. The Balaban J connectivity index is 2.17. The van der Waals surface area contributed by atoms with Gasteiger partial charge in [-0.15, -0.1) is 0 Å². The Kier molecular flexibility index (Phi) is 3.75. The maximum Gasteiger partial charge on any atom is 0.433 e. The number of hydrogen-bond acceptors (Lipinski definition) is 3. The van der Waals surface area contributed by atoms with Crippen LogP contribution < -0.4 is 5.32 Å². The van der Waals surface area contributed by atoms with Crippen LogP contribution in [0.2, 0.25) is 0 Å². The molecule has 0 unspecified atom stereocenters. The van der Waals surface area contributed by atoms with Crippen LogP contribution in [0.5, 0.6) is 0 Å². The van der Waals surface area contributed by atoms with E-state index in [4.69, 9.17) is 0 Å². The Bertz CT molecular complexity index is 582. The third-order valence-corrected chi connectivity index (χ3v) is 3.20. The standard InChI is InChI=1S/C12H9BrF3N3/c1-7-4-11(18-6-9(7)13)19-8-2-3-10(17-5-8)12(14,15)16/h2-6H,1H3,(H,18,19). The van der Waals surface area contributed by atoms with E-state index < -0.39 is 11.9 Å². The molecule has 0 fully saturated rings. The number of nitrogens with zero attached hydrogens (tertiary/aromatic N) is 2. The molecule has 0 aliphatic heterocycles. The third-order valence-electron chi connectivity index (χ3n) is 2.37. The molecule has 0 atom stereocenters. The van der Waals surface area contributed by atoms with Crippen LogP contribution in [0, 0.1) is 6.92 Å². The zero-order valence-electron chi connectivity index (χ0n) is 9.79. The second kappa shape index (κ2) is 5.16. The normalized spacial score (nSPS) is 11.4. The van der Waals surface area contributed by atoms with Gasteiger partial charge in [-0.05, 0) is 46.6 Å². The van der Waals surface area contributed by atoms with Gasteiger partial charge in [0.25, 0.3) is 0 Å². The fourth-order valence-corrected chi connectivity index (χ4v) is 1.61. The zero-order valence-corrected chi connectivity index (χ0v) is 11.4. The summed E-state index contributed by atoms with van der Waals surface area (Å²) in [7, 11) is 0. The molecule has 0 bridgehead atoms. The molecule has 7 heteroatoms. The zero-order chi connectivity index (χ0) is 14.0. The first-order valence-electron chi connectivity index (χ1n) is 5.28. The topological polar surface area (TPSA) is 37.8 Å². The first-order chi connectivity index (χ1) is 8.86. The SMILES string of the molecule is Cc1cc(Nc2ccc(C(F)(F)F)nc2)ncc1Br. The summed E-state index contributed by atoms with van der Waals surface area (Å²) in [5.41, 5.74) is 0.498. The fourth-order valence-electron chi connectivity index (χ4n) is 1.39. The summed E-state index contributed by atoms with van der Waals surface area (Å²) >= 11 is 3.32. The van der Waals surface area contributed by atoms with E-state index in [0.29, 0.717) is 11.5 Å². The molecule has 0 saturated heterocycles. The van der Waals surface area contributed by atoms with Crippen molar-refractivity contribution in [2.45, 2.75) is 13.1 Å². The van der Waals surface area contributed by atoms with E-state index in [9.17, 15) is 13.2 Å². The minimum atomic E-state index is -4.43. The van der Waals surface area contributed by atoms with Gasteiger partial charge in [-0.3, -0.25) is 0 Å². The molecule has 2 aromatic heterocycles. The molecule has 0 aromatic carbocycles. The molecule has 2 rings (SSSR count). The summed E-state index contributed by atoms with van der Waals surface area (Å²) in [6, 6.07) is 4.02. The first kappa shape index (κ1) is 13.8. The van der Waals surface area contributed by atoms with Crippen LogP contribution in [-0.2, 0) is 6.18 Å². The van der Waals surface area contributed by atoms with Crippen molar-refractivity contribution < 1.29 is 13.2 Å². The number of halogens is 4. The van der Waals surface area contributed by atoms with Gasteiger partial charge in [-0.25, -0.2) is 9.97 Å². The third kappa shape index (κ3) is 3.44. The molecule has 0 radical (unpaired) electrons. The minimum Gasteiger partial charge on any atom is -0.339 e. The monoisotopic (exact) mass is 331 g/mol. The fraction of sp³-hybridized carbons (Fsp3) is 0.167. The summed E-state index contributed by atoms with van der Waals surface area (Å²) in [4.78, 5) is 7.46. The lowest BCUT2D eigenvalue weighted by Gasteiger charge is -2.09. The summed E-state index contributed by atoms with van der Waals surface area (Å²) in [5.74, 6) is 0.544. The highest BCUT2D eigenvalue weighted by Crippen LogP contribution is 2.28. The van der Waals surface area contributed by atoms with Crippen LogP contribution in [-0.4, -0.2) is 9.97 Å². The molecule has 2 aromatic rings. The van der Waals surface area contributed by atoms with Crippen molar-refractivity contribution in [3.05, 3.63) is 46.3 Å². The summed E-state index contributed by atoms with van der Waals surface area (Å²) < 4.78 is 37.9. The number of pyridine rings is 2. The number of rotatable bonds is 2. The Morgan fingerprint density at radius 1 is 1.16 bits per heavy atom. The minimum absolute atomic E-state index is 0.447. The van der Waals surface area contributed by atoms with Crippen molar-refractivity contribution in [3.63, 3.8) is 0 Å². The average molecular weight is 332 g/mol. The summed E-state index contributed by atoms with van der Waals surface area (Å²) in [5, 5.41) is 2.89. The predicted octanol–water partition coefficient (Wildman–Crippen LogP) is 4.31. The van der Waals surface area contributed by atoms with Crippen molar-refractivity contribution in [1.29, 1.82) is 0 Å². The van der Waals surface area contributed by atoms with Gasteiger partial charge in [0.2, 0.25) is 0 Å². The van der Waals surface area contributed by atoms with Crippen LogP contribution in [0.25, 0.3) is 0 Å². The van der Waals surface area contributed by atoms with E-state index >= 15 is 0 Å². The van der Waals surface area contributed by atoms with E-state index in [-0.39, 0.29) is 0 Å². The Labute approximate surface area is 116 Å². The number of alkyl halides is 3. The molecule has 2 heterocycles. The predicted molar refractivity (Wildman–Crippen MR) is 69.2 cm³/mol. The molecule has 0 spiro atoms. The maximum atomic E-state index is 12.3. The van der Waals surface area contributed by atoms with E-state index in [1.165, 1.54) is 6.07 Å².